The van der Waals surface area contributed by atoms with Crippen molar-refractivity contribution in [2.24, 2.45) is 5.41 Å². The average Bonchev–Trinajstić information content (AvgIpc) is 2.81. The van der Waals surface area contributed by atoms with Crippen LogP contribution in [0.2, 0.25) is 5.02 Å². The van der Waals surface area contributed by atoms with Crippen LogP contribution in [0.1, 0.15) is 56.2 Å². The highest BCUT2D eigenvalue weighted by molar-refractivity contribution is 6.31. The number of aliphatic hydroxyl groups is 1. The van der Waals surface area contributed by atoms with Gasteiger partial charge in [-0.15, -0.1) is 0 Å². The van der Waals surface area contributed by atoms with Gasteiger partial charge < -0.3 is 9.67 Å². The topological polar surface area (TPSA) is 25.2 Å². The number of rotatable bonds is 2. The summed E-state index contributed by atoms with van der Waals surface area (Å²) in [4.78, 5) is 0. The van der Waals surface area contributed by atoms with Crippen molar-refractivity contribution in [3.05, 3.63) is 58.4 Å². The second-order valence-corrected chi connectivity index (χ2v) is 7.29. The van der Waals surface area contributed by atoms with E-state index < -0.39 is 0 Å². The van der Waals surface area contributed by atoms with Crippen molar-refractivity contribution < 1.29 is 5.11 Å². The predicted molar refractivity (Wildman–Crippen MR) is 86.8 cm³/mol. The Bertz CT molecular complexity index is 659. The quantitative estimate of drug-likeness (QED) is 0.850. The fraction of sp³-hybridized carbons (Fsp3) is 0.444. The summed E-state index contributed by atoms with van der Waals surface area (Å²) in [6.45, 7) is 6.60. The molecule has 1 aliphatic rings. The van der Waals surface area contributed by atoms with Crippen molar-refractivity contribution in [3.63, 3.8) is 0 Å². The molecule has 1 aromatic carbocycles. The number of fused-ring (bicyclic) bond motifs is 1. The maximum absolute atomic E-state index is 10.4. The zero-order chi connectivity index (χ0) is 15.2. The van der Waals surface area contributed by atoms with E-state index in [1.807, 2.05) is 18.2 Å². The van der Waals surface area contributed by atoms with Gasteiger partial charge in [-0.2, -0.15) is 0 Å². The lowest BCUT2D eigenvalue weighted by atomic mass is 9.75. The molecule has 0 radical (unpaired) electrons. The van der Waals surface area contributed by atoms with Crippen LogP contribution in [0.25, 0.3) is 0 Å². The van der Waals surface area contributed by atoms with Crippen LogP contribution < -0.4 is 0 Å². The molecule has 2 aromatic rings. The lowest BCUT2D eigenvalue weighted by Gasteiger charge is -2.35. The van der Waals surface area contributed by atoms with Gasteiger partial charge in [0.25, 0.3) is 0 Å². The smallest absolute Gasteiger partial charge is 0.0812 e. The van der Waals surface area contributed by atoms with Gasteiger partial charge in [-0.25, -0.2) is 0 Å². The Hall–Kier alpha value is -1.25. The third-order valence-electron chi connectivity index (χ3n) is 4.58. The van der Waals surface area contributed by atoms with Gasteiger partial charge in [0.1, 0.15) is 0 Å². The molecule has 0 bridgehead atoms. The molecule has 112 valence electrons. The van der Waals surface area contributed by atoms with Crippen molar-refractivity contribution in [1.82, 2.24) is 4.57 Å². The highest BCUT2D eigenvalue weighted by atomic mass is 35.5. The average molecular weight is 304 g/mol. The Morgan fingerprint density at radius 3 is 2.71 bits per heavy atom. The number of aliphatic hydroxyl groups excluding tert-OH is 1. The van der Waals surface area contributed by atoms with Gasteiger partial charge in [-0.3, -0.25) is 0 Å². The molecule has 3 rings (SSSR count). The molecule has 2 nitrogen and oxygen atoms in total. The first kappa shape index (κ1) is 14.7. The Balaban J connectivity index is 2.04. The second-order valence-electron chi connectivity index (χ2n) is 6.88. The first-order valence-electron chi connectivity index (χ1n) is 7.51. The predicted octanol–water partition coefficient (Wildman–Crippen LogP) is 4.76. The van der Waals surface area contributed by atoms with Crippen molar-refractivity contribution in [2.75, 3.05) is 0 Å². The van der Waals surface area contributed by atoms with Gasteiger partial charge in [0.15, 0.2) is 0 Å². The molecule has 1 heterocycles. The number of nitrogens with zero attached hydrogens (tertiary/aromatic N) is 1. The molecule has 2 atom stereocenters. The molecular formula is C18H22ClNO. The van der Waals surface area contributed by atoms with Crippen molar-refractivity contribution in [1.29, 1.82) is 0 Å². The third kappa shape index (κ3) is 2.63. The Labute approximate surface area is 131 Å². The molecular weight excluding hydrogens is 282 g/mol. The van der Waals surface area contributed by atoms with E-state index in [2.05, 4.69) is 43.7 Å². The Morgan fingerprint density at radius 1 is 1.29 bits per heavy atom. The molecule has 3 heteroatoms. The van der Waals surface area contributed by atoms with Gasteiger partial charge in [0.05, 0.1) is 12.1 Å². The summed E-state index contributed by atoms with van der Waals surface area (Å²) in [7, 11) is 0. The van der Waals surface area contributed by atoms with Crippen molar-refractivity contribution >= 4 is 11.6 Å². The molecule has 0 aliphatic heterocycles. The molecule has 0 saturated carbocycles. The molecule has 2 unspecified atom stereocenters. The van der Waals surface area contributed by atoms with Crippen molar-refractivity contribution in [2.45, 2.75) is 45.8 Å². The highest BCUT2D eigenvalue weighted by Crippen LogP contribution is 2.42. The summed E-state index contributed by atoms with van der Waals surface area (Å²) in [6, 6.07) is 10.2. The Kier molecular flexibility index (Phi) is 3.62. The van der Waals surface area contributed by atoms with Crippen LogP contribution >= 0.6 is 11.6 Å². The van der Waals surface area contributed by atoms with Gasteiger partial charge in [-0.1, -0.05) is 43.6 Å². The molecule has 0 amide bonds. The molecule has 0 spiro atoms. The maximum atomic E-state index is 10.4. The van der Waals surface area contributed by atoms with E-state index in [1.54, 1.807) is 0 Å². The summed E-state index contributed by atoms with van der Waals surface area (Å²) in [5, 5.41) is 11.2. The number of hydrogen-bond acceptors (Lipinski definition) is 1. The first-order valence-corrected chi connectivity index (χ1v) is 7.89. The fourth-order valence-electron chi connectivity index (χ4n) is 3.48. The highest BCUT2D eigenvalue weighted by Gasteiger charge is 2.34. The van der Waals surface area contributed by atoms with Crippen LogP contribution in [0.5, 0.6) is 0 Å². The van der Waals surface area contributed by atoms with Gasteiger partial charge in [0, 0.05) is 22.5 Å². The minimum absolute atomic E-state index is 0.128. The molecule has 21 heavy (non-hydrogen) atoms. The fourth-order valence-corrected chi connectivity index (χ4v) is 3.77. The van der Waals surface area contributed by atoms with Crippen LogP contribution in [-0.2, 0) is 6.42 Å². The van der Waals surface area contributed by atoms with Crippen LogP contribution in [0.3, 0.4) is 0 Å². The van der Waals surface area contributed by atoms with Gasteiger partial charge >= 0.3 is 0 Å². The zero-order valence-corrected chi connectivity index (χ0v) is 13.6. The number of aromatic nitrogens is 1. The summed E-state index contributed by atoms with van der Waals surface area (Å²) < 4.78 is 2.26. The van der Waals surface area contributed by atoms with E-state index in [0.717, 1.165) is 29.0 Å². The molecule has 0 saturated heterocycles. The normalized spacial score (nSPS) is 21.9. The summed E-state index contributed by atoms with van der Waals surface area (Å²) >= 11 is 6.34. The monoisotopic (exact) mass is 303 g/mol. The summed E-state index contributed by atoms with van der Waals surface area (Å²) in [5.74, 6) is 0. The molecule has 0 fully saturated rings. The van der Waals surface area contributed by atoms with Crippen LogP contribution in [0.4, 0.5) is 0 Å². The van der Waals surface area contributed by atoms with Crippen molar-refractivity contribution in [3.8, 4) is 0 Å². The van der Waals surface area contributed by atoms with E-state index >= 15 is 0 Å². The van der Waals surface area contributed by atoms with Crippen LogP contribution in [0.15, 0.2) is 36.5 Å². The van der Waals surface area contributed by atoms with Gasteiger partial charge in [0.2, 0.25) is 0 Å². The Morgan fingerprint density at radius 2 is 2.00 bits per heavy atom. The minimum atomic E-state index is -0.358. The van der Waals surface area contributed by atoms with E-state index in [9.17, 15) is 5.11 Å². The largest absolute Gasteiger partial charge is 0.388 e. The summed E-state index contributed by atoms with van der Waals surface area (Å²) in [6.07, 6.45) is 3.54. The van der Waals surface area contributed by atoms with E-state index in [4.69, 9.17) is 11.6 Å². The van der Waals surface area contributed by atoms with E-state index in [-0.39, 0.29) is 17.6 Å². The number of hydrogen-bond donors (Lipinski definition) is 1. The third-order valence-corrected chi connectivity index (χ3v) is 4.93. The lowest BCUT2D eigenvalue weighted by Crippen LogP contribution is -2.27. The zero-order valence-electron chi connectivity index (χ0n) is 12.8. The second kappa shape index (κ2) is 5.19. The lowest BCUT2D eigenvalue weighted by molar-refractivity contribution is 0.0978. The SMILES string of the molecule is CC(c1ccccc1Cl)n1ccc2c1CC(C)(C)CC2O. The van der Waals surface area contributed by atoms with E-state index in [1.165, 1.54) is 5.69 Å². The molecule has 1 N–H and O–H groups in total. The minimum Gasteiger partial charge on any atom is -0.388 e. The van der Waals surface area contributed by atoms with Crippen LogP contribution in [-0.4, -0.2) is 9.67 Å². The molecule has 1 aromatic heterocycles. The van der Waals surface area contributed by atoms with E-state index in [0.29, 0.717) is 0 Å². The standard InChI is InChI=1S/C18H22ClNO/c1-12(13-6-4-5-7-15(13)19)20-9-8-14-16(20)10-18(2,3)11-17(14)21/h4-9,12,17,21H,10-11H2,1-3H3. The number of halogens is 1. The maximum Gasteiger partial charge on any atom is 0.0812 e. The van der Waals surface area contributed by atoms with Gasteiger partial charge in [-0.05, 0) is 42.9 Å². The molecule has 1 aliphatic carbocycles. The van der Waals surface area contributed by atoms with Crippen LogP contribution in [0, 0.1) is 5.41 Å². The summed E-state index contributed by atoms with van der Waals surface area (Å²) in [5.41, 5.74) is 3.57. The first-order chi connectivity index (χ1) is 9.89. The number of benzene rings is 1.